The largest absolute Gasteiger partial charge is 0.381 e. The van der Waals surface area contributed by atoms with Crippen molar-refractivity contribution in [1.29, 1.82) is 0 Å². The molecule has 0 saturated heterocycles. The van der Waals surface area contributed by atoms with Gasteiger partial charge in [-0.05, 0) is 12.1 Å². The maximum Gasteiger partial charge on any atom is 0.192 e. The van der Waals surface area contributed by atoms with E-state index in [0.29, 0.717) is 11.6 Å². The van der Waals surface area contributed by atoms with Crippen LogP contribution < -0.4 is 21.7 Å². The number of rotatable bonds is 1. The number of nitrogen functional groups attached to an aromatic ring is 1. The molecule has 0 aliphatic carbocycles. The normalized spacial score (nSPS) is 13.4. The van der Waals surface area contributed by atoms with E-state index in [2.05, 4.69) is 25.9 Å². The van der Waals surface area contributed by atoms with Crippen molar-refractivity contribution in [3.05, 3.63) is 30.7 Å². The molecule has 0 amide bonds. The first kappa shape index (κ1) is 8.86. The quantitative estimate of drug-likeness (QED) is 0.635. The maximum atomic E-state index is 5.75. The Morgan fingerprint density at radius 3 is 2.88 bits per heavy atom. The Bertz CT molecular complexity index is 527. The third-order valence-electron chi connectivity index (χ3n) is 2.23. The summed E-state index contributed by atoms with van der Waals surface area (Å²) in [6.07, 6.45) is 4.84. The van der Waals surface area contributed by atoms with Crippen molar-refractivity contribution in [2.24, 2.45) is 0 Å². The van der Waals surface area contributed by atoms with E-state index in [0.717, 1.165) is 11.5 Å². The van der Waals surface area contributed by atoms with Gasteiger partial charge in [-0.3, -0.25) is 5.43 Å². The number of anilines is 4. The molecule has 4 N–H and O–H groups in total. The molecule has 0 spiro atoms. The molecule has 0 saturated carbocycles. The molecule has 80 valence electrons. The number of hydrazine groups is 2. The Morgan fingerprint density at radius 1 is 1.12 bits per heavy atom. The van der Waals surface area contributed by atoms with Crippen LogP contribution in [0.3, 0.4) is 0 Å². The molecule has 0 fully saturated rings. The molecular weight excluding hydrogens is 206 g/mol. The van der Waals surface area contributed by atoms with E-state index in [9.17, 15) is 0 Å². The van der Waals surface area contributed by atoms with Gasteiger partial charge in [-0.2, -0.15) is 0 Å². The number of hydrogen-bond acceptors (Lipinski definition) is 7. The number of fused-ring (bicyclic) bond motifs is 1. The first-order valence-electron chi connectivity index (χ1n) is 4.69. The van der Waals surface area contributed by atoms with E-state index in [4.69, 9.17) is 5.73 Å². The molecule has 0 unspecified atom stereocenters. The second-order valence-corrected chi connectivity index (χ2v) is 3.21. The lowest BCUT2D eigenvalue weighted by atomic mass is 10.4. The smallest absolute Gasteiger partial charge is 0.192 e. The summed E-state index contributed by atoms with van der Waals surface area (Å²) in [6, 6.07) is 3.75. The summed E-state index contributed by atoms with van der Waals surface area (Å²) in [5.41, 5.74) is 12.4. The number of nitrogens with zero attached hydrogens (tertiary/aromatic N) is 4. The first-order chi connectivity index (χ1) is 7.86. The topological polar surface area (TPSA) is 92.0 Å². The van der Waals surface area contributed by atoms with Crippen molar-refractivity contribution in [2.75, 3.05) is 16.2 Å². The number of nitrogens with two attached hydrogens (primary N) is 1. The van der Waals surface area contributed by atoms with E-state index in [-0.39, 0.29) is 0 Å². The lowest BCUT2D eigenvalue weighted by molar-refractivity contribution is 0.842. The van der Waals surface area contributed by atoms with Gasteiger partial charge in [0.25, 0.3) is 0 Å². The minimum atomic E-state index is 0.355. The maximum absolute atomic E-state index is 5.75. The lowest BCUT2D eigenvalue weighted by Gasteiger charge is -2.16. The highest BCUT2D eigenvalue weighted by Gasteiger charge is 2.23. The summed E-state index contributed by atoms with van der Waals surface area (Å²) in [4.78, 5) is 12.3. The molecule has 7 nitrogen and oxygen atoms in total. The van der Waals surface area contributed by atoms with Gasteiger partial charge in [-0.25, -0.2) is 20.0 Å². The van der Waals surface area contributed by atoms with Gasteiger partial charge < -0.3 is 5.73 Å². The summed E-state index contributed by atoms with van der Waals surface area (Å²) < 4.78 is 0. The van der Waals surface area contributed by atoms with Gasteiger partial charge in [0, 0.05) is 18.6 Å². The van der Waals surface area contributed by atoms with Crippen molar-refractivity contribution in [3.8, 4) is 0 Å². The summed E-state index contributed by atoms with van der Waals surface area (Å²) in [6.45, 7) is 0. The lowest BCUT2D eigenvalue weighted by Crippen LogP contribution is -2.33. The van der Waals surface area contributed by atoms with E-state index in [1.807, 2.05) is 12.1 Å². The predicted octanol–water partition coefficient (Wildman–Crippen LogP) is 0.437. The second kappa shape index (κ2) is 3.31. The number of pyridine rings is 1. The third kappa shape index (κ3) is 1.22. The van der Waals surface area contributed by atoms with Crippen LogP contribution in [-0.2, 0) is 0 Å². The number of nitrogens with one attached hydrogen (secondary N) is 2. The summed E-state index contributed by atoms with van der Waals surface area (Å²) in [5.74, 6) is 1.63. The van der Waals surface area contributed by atoms with Gasteiger partial charge in [-0.1, -0.05) is 0 Å². The van der Waals surface area contributed by atoms with E-state index in [1.165, 1.54) is 0 Å². The van der Waals surface area contributed by atoms with Gasteiger partial charge in [-0.15, -0.1) is 5.53 Å². The van der Waals surface area contributed by atoms with Crippen LogP contribution in [0, 0.1) is 0 Å². The Labute approximate surface area is 91.3 Å². The van der Waals surface area contributed by atoms with Crippen LogP contribution in [0.4, 0.5) is 23.1 Å². The van der Waals surface area contributed by atoms with E-state index < -0.39 is 0 Å². The Kier molecular flexibility index (Phi) is 1.84. The van der Waals surface area contributed by atoms with Gasteiger partial charge in [0.2, 0.25) is 0 Å². The minimum Gasteiger partial charge on any atom is -0.381 e. The standard InChI is InChI=1S/C9H9N7/c10-7-9(13-5-4-11-7)16-6-2-1-3-12-8(6)14-15-16/h1-5,15H,(H2,10,11)(H,12,14). The summed E-state index contributed by atoms with van der Waals surface area (Å²) in [7, 11) is 0. The van der Waals surface area contributed by atoms with Crippen molar-refractivity contribution >= 4 is 23.1 Å². The van der Waals surface area contributed by atoms with E-state index >= 15 is 0 Å². The molecule has 1 aliphatic rings. The molecule has 0 aromatic carbocycles. The number of aromatic nitrogens is 3. The Morgan fingerprint density at radius 2 is 2.00 bits per heavy atom. The average Bonchev–Trinajstić information content (AvgIpc) is 2.74. The molecule has 1 aliphatic heterocycles. The molecule has 0 radical (unpaired) electrons. The highest BCUT2D eigenvalue weighted by Crippen LogP contribution is 2.32. The molecule has 0 bridgehead atoms. The summed E-state index contributed by atoms with van der Waals surface area (Å²) >= 11 is 0. The molecule has 16 heavy (non-hydrogen) atoms. The van der Waals surface area contributed by atoms with Crippen molar-refractivity contribution in [1.82, 2.24) is 20.5 Å². The zero-order chi connectivity index (χ0) is 11.0. The van der Waals surface area contributed by atoms with Crippen LogP contribution >= 0.6 is 0 Å². The predicted molar refractivity (Wildman–Crippen MR) is 59.6 cm³/mol. The Balaban J connectivity index is 2.08. The van der Waals surface area contributed by atoms with Crippen molar-refractivity contribution < 1.29 is 0 Å². The van der Waals surface area contributed by atoms with Gasteiger partial charge in [0.05, 0.1) is 0 Å². The number of hydrogen-bond donors (Lipinski definition) is 3. The molecule has 3 rings (SSSR count). The summed E-state index contributed by atoms with van der Waals surface area (Å²) in [5, 5.41) is 1.70. The fourth-order valence-electron chi connectivity index (χ4n) is 1.52. The monoisotopic (exact) mass is 215 g/mol. The molecule has 3 heterocycles. The molecular formula is C9H9N7. The molecule has 0 atom stereocenters. The van der Waals surface area contributed by atoms with Crippen LogP contribution in [0.2, 0.25) is 0 Å². The molecule has 2 aromatic rings. The average molecular weight is 215 g/mol. The van der Waals surface area contributed by atoms with Gasteiger partial charge in [0.1, 0.15) is 5.69 Å². The van der Waals surface area contributed by atoms with Crippen LogP contribution in [0.5, 0.6) is 0 Å². The van der Waals surface area contributed by atoms with E-state index in [1.54, 1.807) is 23.6 Å². The SMILES string of the molecule is Nc1nccnc1N1NNc2ncccc21. The zero-order valence-corrected chi connectivity index (χ0v) is 8.25. The molecule has 7 heteroatoms. The fraction of sp³-hybridized carbons (Fsp3) is 0. The van der Waals surface area contributed by atoms with Crippen LogP contribution in [0.25, 0.3) is 0 Å². The van der Waals surface area contributed by atoms with Crippen LogP contribution in [-0.4, -0.2) is 15.0 Å². The minimum absolute atomic E-state index is 0.355. The van der Waals surface area contributed by atoms with Gasteiger partial charge >= 0.3 is 0 Å². The zero-order valence-electron chi connectivity index (χ0n) is 8.25. The second-order valence-electron chi connectivity index (χ2n) is 3.21. The fourth-order valence-corrected chi connectivity index (χ4v) is 1.52. The first-order valence-corrected chi connectivity index (χ1v) is 4.69. The highest BCUT2D eigenvalue weighted by molar-refractivity contribution is 5.78. The highest BCUT2D eigenvalue weighted by atomic mass is 15.7. The molecule has 2 aromatic heterocycles. The Hall–Kier alpha value is -2.41. The van der Waals surface area contributed by atoms with Crippen molar-refractivity contribution in [2.45, 2.75) is 0 Å². The van der Waals surface area contributed by atoms with Crippen LogP contribution in [0.1, 0.15) is 0 Å². The van der Waals surface area contributed by atoms with Crippen LogP contribution in [0.15, 0.2) is 30.7 Å². The van der Waals surface area contributed by atoms with Crippen molar-refractivity contribution in [3.63, 3.8) is 0 Å². The van der Waals surface area contributed by atoms with Gasteiger partial charge in [0.15, 0.2) is 17.5 Å². The third-order valence-corrected chi connectivity index (χ3v) is 2.23.